The van der Waals surface area contributed by atoms with Gasteiger partial charge in [0.2, 0.25) is 5.91 Å². The van der Waals surface area contributed by atoms with Gasteiger partial charge >= 0.3 is 0 Å². The third-order valence-electron chi connectivity index (χ3n) is 3.61. The predicted octanol–water partition coefficient (Wildman–Crippen LogP) is 2.75. The van der Waals surface area contributed by atoms with E-state index in [1.165, 1.54) is 10.7 Å². The van der Waals surface area contributed by atoms with Crippen molar-refractivity contribution in [3.63, 3.8) is 0 Å². The number of halogens is 2. The average Bonchev–Trinajstić information content (AvgIpc) is 2.97. The second-order valence-electron chi connectivity index (χ2n) is 5.12. The van der Waals surface area contributed by atoms with Gasteiger partial charge in [0, 0.05) is 11.7 Å². The molecule has 6 heteroatoms. The lowest BCUT2D eigenvalue weighted by atomic mass is 10.2. The summed E-state index contributed by atoms with van der Waals surface area (Å²) in [4.78, 5) is 12.1. The molecule has 2 rings (SSSR count). The van der Waals surface area contributed by atoms with Crippen LogP contribution in [0.15, 0.2) is 6.07 Å². The molecular weight excluding hydrogens is 252 g/mol. The molecule has 106 valence electrons. The molecule has 0 aliphatic heterocycles. The molecular formula is C13H19F2N3O. The van der Waals surface area contributed by atoms with E-state index < -0.39 is 12.5 Å². The molecule has 1 N–H and O–H groups in total. The van der Waals surface area contributed by atoms with Crippen molar-refractivity contribution in [2.24, 2.45) is 0 Å². The maximum absolute atomic E-state index is 12.6. The number of carbonyl (C=O) groups is 1. The van der Waals surface area contributed by atoms with Crippen molar-refractivity contribution >= 4 is 5.91 Å². The van der Waals surface area contributed by atoms with Crippen molar-refractivity contribution < 1.29 is 13.6 Å². The molecule has 1 saturated carbocycles. The molecule has 1 aliphatic rings. The van der Waals surface area contributed by atoms with Crippen LogP contribution in [0.1, 0.15) is 56.5 Å². The van der Waals surface area contributed by atoms with E-state index in [4.69, 9.17) is 0 Å². The van der Waals surface area contributed by atoms with Gasteiger partial charge < -0.3 is 5.32 Å². The zero-order chi connectivity index (χ0) is 14.0. The molecule has 1 fully saturated rings. The molecule has 1 atom stereocenters. The Kier molecular flexibility index (Phi) is 4.17. The number of rotatable bonds is 4. The van der Waals surface area contributed by atoms with Crippen molar-refractivity contribution in [1.29, 1.82) is 0 Å². The molecule has 0 aromatic carbocycles. The van der Waals surface area contributed by atoms with E-state index >= 15 is 0 Å². The number of hydrogen-bond acceptors (Lipinski definition) is 2. The van der Waals surface area contributed by atoms with Crippen LogP contribution in [0.5, 0.6) is 0 Å². The summed E-state index contributed by atoms with van der Waals surface area (Å²) >= 11 is 0. The summed E-state index contributed by atoms with van der Waals surface area (Å²) in [5.74, 6) is -0.154. The molecule has 1 aromatic heterocycles. The minimum absolute atomic E-state index is 0.154. The SMILES string of the molecule is Cc1cc(C(F)F)nn1C(C)C(=O)NC1CCCC1. The van der Waals surface area contributed by atoms with Crippen molar-refractivity contribution in [1.82, 2.24) is 15.1 Å². The Labute approximate surface area is 111 Å². The van der Waals surface area contributed by atoms with Gasteiger partial charge in [-0.2, -0.15) is 5.10 Å². The van der Waals surface area contributed by atoms with E-state index in [2.05, 4.69) is 10.4 Å². The molecule has 1 aliphatic carbocycles. The molecule has 0 radical (unpaired) electrons. The van der Waals surface area contributed by atoms with E-state index in [0.717, 1.165) is 25.7 Å². The highest BCUT2D eigenvalue weighted by Crippen LogP contribution is 2.22. The van der Waals surface area contributed by atoms with Crippen molar-refractivity contribution in [3.8, 4) is 0 Å². The second-order valence-corrected chi connectivity index (χ2v) is 5.12. The molecule has 0 spiro atoms. The first-order valence-corrected chi connectivity index (χ1v) is 6.63. The van der Waals surface area contributed by atoms with Gasteiger partial charge in [-0.05, 0) is 32.8 Å². The van der Waals surface area contributed by atoms with Crippen molar-refractivity contribution in [3.05, 3.63) is 17.5 Å². The Morgan fingerprint density at radius 2 is 2.11 bits per heavy atom. The number of aromatic nitrogens is 2. The Morgan fingerprint density at radius 3 is 2.63 bits per heavy atom. The Balaban J connectivity index is 2.05. The lowest BCUT2D eigenvalue weighted by Crippen LogP contribution is -2.38. The smallest absolute Gasteiger partial charge is 0.282 e. The highest BCUT2D eigenvalue weighted by molar-refractivity contribution is 5.80. The van der Waals surface area contributed by atoms with Crippen molar-refractivity contribution in [2.75, 3.05) is 0 Å². The molecule has 1 aromatic rings. The number of aryl methyl sites for hydroxylation is 1. The molecule has 1 unspecified atom stereocenters. The minimum Gasteiger partial charge on any atom is -0.352 e. The number of nitrogens with one attached hydrogen (secondary N) is 1. The summed E-state index contributed by atoms with van der Waals surface area (Å²) in [6.45, 7) is 3.36. The van der Waals surface area contributed by atoms with Gasteiger partial charge in [0.15, 0.2) is 0 Å². The lowest BCUT2D eigenvalue weighted by Gasteiger charge is -2.18. The summed E-state index contributed by atoms with van der Waals surface area (Å²) in [5.41, 5.74) is 0.294. The van der Waals surface area contributed by atoms with Crippen LogP contribution in [0.3, 0.4) is 0 Å². The average molecular weight is 271 g/mol. The fourth-order valence-corrected chi connectivity index (χ4v) is 2.51. The zero-order valence-electron chi connectivity index (χ0n) is 11.2. The first kappa shape index (κ1) is 14.0. The first-order valence-electron chi connectivity index (χ1n) is 6.63. The molecule has 19 heavy (non-hydrogen) atoms. The largest absolute Gasteiger partial charge is 0.352 e. The van der Waals surface area contributed by atoms with Gasteiger partial charge in [0.05, 0.1) is 0 Å². The molecule has 4 nitrogen and oxygen atoms in total. The van der Waals surface area contributed by atoms with E-state index in [9.17, 15) is 13.6 Å². The topological polar surface area (TPSA) is 46.9 Å². The van der Waals surface area contributed by atoms with Crippen molar-refractivity contribution in [2.45, 2.75) is 58.0 Å². The molecule has 1 heterocycles. The normalized spacial score (nSPS) is 17.9. The Morgan fingerprint density at radius 1 is 1.47 bits per heavy atom. The maximum atomic E-state index is 12.6. The van der Waals surface area contributed by atoms with Crippen LogP contribution in [0, 0.1) is 6.92 Å². The van der Waals surface area contributed by atoms with Crippen LogP contribution < -0.4 is 5.32 Å². The Bertz CT molecular complexity index is 453. The van der Waals surface area contributed by atoms with E-state index in [0.29, 0.717) is 5.69 Å². The quantitative estimate of drug-likeness (QED) is 0.915. The van der Waals surface area contributed by atoms with Gasteiger partial charge in [-0.25, -0.2) is 8.78 Å². The van der Waals surface area contributed by atoms with E-state index in [1.54, 1.807) is 13.8 Å². The second kappa shape index (κ2) is 5.67. The molecule has 1 amide bonds. The summed E-state index contributed by atoms with van der Waals surface area (Å²) in [7, 11) is 0. The third-order valence-corrected chi connectivity index (χ3v) is 3.61. The first-order chi connectivity index (χ1) is 8.99. The number of nitrogens with zero attached hydrogens (tertiary/aromatic N) is 2. The lowest BCUT2D eigenvalue weighted by molar-refractivity contribution is -0.124. The highest BCUT2D eigenvalue weighted by atomic mass is 19.3. The van der Waals surface area contributed by atoms with Gasteiger partial charge in [-0.1, -0.05) is 12.8 Å². The van der Waals surface area contributed by atoms with Crippen LogP contribution in [0.2, 0.25) is 0 Å². The summed E-state index contributed by atoms with van der Waals surface area (Å²) in [5, 5.41) is 6.77. The number of carbonyl (C=O) groups excluding carboxylic acids is 1. The molecule has 0 saturated heterocycles. The summed E-state index contributed by atoms with van der Waals surface area (Å²) < 4.78 is 26.5. The summed E-state index contributed by atoms with van der Waals surface area (Å²) in [6.07, 6.45) is 1.66. The summed E-state index contributed by atoms with van der Waals surface area (Å²) in [6, 6.07) is 0.984. The number of amides is 1. The van der Waals surface area contributed by atoms with Crippen LogP contribution in [0.4, 0.5) is 8.78 Å². The number of alkyl halides is 2. The van der Waals surface area contributed by atoms with Gasteiger partial charge in [-0.3, -0.25) is 9.48 Å². The van der Waals surface area contributed by atoms with Crippen LogP contribution in [0.25, 0.3) is 0 Å². The fraction of sp³-hybridized carbons (Fsp3) is 0.692. The third kappa shape index (κ3) is 3.11. The van der Waals surface area contributed by atoms with Gasteiger partial charge in [-0.15, -0.1) is 0 Å². The van der Waals surface area contributed by atoms with Crippen LogP contribution in [-0.2, 0) is 4.79 Å². The van der Waals surface area contributed by atoms with Gasteiger partial charge in [0.1, 0.15) is 11.7 Å². The minimum atomic E-state index is -2.61. The van der Waals surface area contributed by atoms with E-state index in [1.807, 2.05) is 0 Å². The monoisotopic (exact) mass is 271 g/mol. The van der Waals surface area contributed by atoms with E-state index in [-0.39, 0.29) is 17.6 Å². The zero-order valence-corrected chi connectivity index (χ0v) is 11.2. The highest BCUT2D eigenvalue weighted by Gasteiger charge is 2.24. The predicted molar refractivity (Wildman–Crippen MR) is 67.0 cm³/mol. The van der Waals surface area contributed by atoms with Crippen LogP contribution >= 0.6 is 0 Å². The molecule has 0 bridgehead atoms. The number of hydrogen-bond donors (Lipinski definition) is 1. The maximum Gasteiger partial charge on any atom is 0.282 e. The van der Waals surface area contributed by atoms with Gasteiger partial charge in [0.25, 0.3) is 6.43 Å². The standard InChI is InChI=1S/C13H19F2N3O/c1-8-7-11(12(14)15)17-18(8)9(2)13(19)16-10-5-3-4-6-10/h7,9-10,12H,3-6H2,1-2H3,(H,16,19). The fourth-order valence-electron chi connectivity index (χ4n) is 2.51. The Hall–Kier alpha value is -1.46. The van der Waals surface area contributed by atoms with Crippen LogP contribution in [-0.4, -0.2) is 21.7 Å².